The van der Waals surface area contributed by atoms with Crippen molar-refractivity contribution in [1.29, 1.82) is 0 Å². The first kappa shape index (κ1) is 9.61. The molecule has 1 aromatic carbocycles. The van der Waals surface area contributed by atoms with Gasteiger partial charge in [-0.2, -0.15) is 0 Å². The smallest absolute Gasteiger partial charge is 0.142 e. The Kier molecular flexibility index (Phi) is 2.05. The summed E-state index contributed by atoms with van der Waals surface area (Å²) >= 11 is 6.01. The Bertz CT molecular complexity index is 401. The SMILES string of the molecule is Fc1cccc(C2NCCC23CC3)c1Cl. The molecule has 1 saturated heterocycles. The van der Waals surface area contributed by atoms with Crippen molar-refractivity contribution in [2.45, 2.75) is 25.3 Å². The second-order valence-electron chi connectivity index (χ2n) is 4.64. The van der Waals surface area contributed by atoms with Gasteiger partial charge in [0.25, 0.3) is 0 Å². The van der Waals surface area contributed by atoms with Crippen LogP contribution in [0.3, 0.4) is 0 Å². The van der Waals surface area contributed by atoms with Crippen LogP contribution in [0.2, 0.25) is 5.02 Å². The van der Waals surface area contributed by atoms with E-state index < -0.39 is 0 Å². The largest absolute Gasteiger partial charge is 0.309 e. The molecule has 15 heavy (non-hydrogen) atoms. The first-order valence-electron chi connectivity index (χ1n) is 5.40. The molecule has 0 aromatic heterocycles. The van der Waals surface area contributed by atoms with E-state index in [-0.39, 0.29) is 11.9 Å². The van der Waals surface area contributed by atoms with Crippen LogP contribution >= 0.6 is 11.6 Å². The molecular weight excluding hydrogens is 213 g/mol. The Labute approximate surface area is 93.6 Å². The highest BCUT2D eigenvalue weighted by atomic mass is 35.5. The van der Waals surface area contributed by atoms with Gasteiger partial charge in [-0.25, -0.2) is 4.39 Å². The van der Waals surface area contributed by atoms with Gasteiger partial charge in [0.1, 0.15) is 5.82 Å². The standard InChI is InChI=1S/C12H13ClFN/c13-10-8(2-1-3-9(10)14)11-12(4-5-12)6-7-15-11/h1-3,11,15H,4-7H2. The first-order chi connectivity index (χ1) is 7.23. The summed E-state index contributed by atoms with van der Waals surface area (Å²) < 4.78 is 13.3. The van der Waals surface area contributed by atoms with Crippen molar-refractivity contribution in [3.63, 3.8) is 0 Å². The van der Waals surface area contributed by atoms with E-state index in [0.29, 0.717) is 10.4 Å². The lowest BCUT2D eigenvalue weighted by Crippen LogP contribution is -2.19. The molecule has 1 N–H and O–H groups in total. The molecule has 80 valence electrons. The third-order valence-corrected chi connectivity index (χ3v) is 4.17. The monoisotopic (exact) mass is 225 g/mol. The third-order valence-electron chi connectivity index (χ3n) is 3.77. The Balaban J connectivity index is 2.02. The van der Waals surface area contributed by atoms with Crippen LogP contribution in [-0.4, -0.2) is 6.54 Å². The van der Waals surface area contributed by atoms with Gasteiger partial charge in [-0.3, -0.25) is 0 Å². The predicted octanol–water partition coefficient (Wildman–Crippen LogP) is 3.29. The topological polar surface area (TPSA) is 12.0 Å². The van der Waals surface area contributed by atoms with Gasteiger partial charge in [-0.05, 0) is 42.9 Å². The van der Waals surface area contributed by atoms with Crippen LogP contribution in [-0.2, 0) is 0 Å². The van der Waals surface area contributed by atoms with Crippen molar-refractivity contribution in [1.82, 2.24) is 5.32 Å². The molecule has 1 heterocycles. The van der Waals surface area contributed by atoms with E-state index in [9.17, 15) is 4.39 Å². The zero-order valence-electron chi connectivity index (χ0n) is 8.39. The van der Waals surface area contributed by atoms with E-state index in [0.717, 1.165) is 12.1 Å². The fraction of sp³-hybridized carbons (Fsp3) is 0.500. The summed E-state index contributed by atoms with van der Waals surface area (Å²) in [7, 11) is 0. The van der Waals surface area contributed by atoms with E-state index in [1.54, 1.807) is 6.07 Å². The molecule has 1 nitrogen and oxygen atoms in total. The van der Waals surface area contributed by atoms with Crippen molar-refractivity contribution in [3.05, 3.63) is 34.6 Å². The maximum absolute atomic E-state index is 13.3. The Morgan fingerprint density at radius 2 is 2.13 bits per heavy atom. The molecule has 0 radical (unpaired) electrons. The van der Waals surface area contributed by atoms with Gasteiger partial charge >= 0.3 is 0 Å². The normalized spacial score (nSPS) is 27.2. The molecule has 1 aliphatic carbocycles. The van der Waals surface area contributed by atoms with Crippen LogP contribution in [0.15, 0.2) is 18.2 Å². The minimum absolute atomic E-state index is 0.265. The zero-order chi connectivity index (χ0) is 10.5. The summed E-state index contributed by atoms with van der Waals surface area (Å²) in [4.78, 5) is 0. The van der Waals surface area contributed by atoms with Crippen molar-refractivity contribution >= 4 is 11.6 Å². The van der Waals surface area contributed by atoms with Crippen molar-refractivity contribution in [3.8, 4) is 0 Å². The average Bonchev–Trinajstić information content (AvgIpc) is 2.86. The molecule has 1 atom stereocenters. The average molecular weight is 226 g/mol. The minimum atomic E-state index is -0.307. The zero-order valence-corrected chi connectivity index (χ0v) is 9.15. The summed E-state index contributed by atoms with van der Waals surface area (Å²) in [6.07, 6.45) is 3.69. The van der Waals surface area contributed by atoms with Crippen LogP contribution in [0.25, 0.3) is 0 Å². The Morgan fingerprint density at radius 3 is 2.87 bits per heavy atom. The molecular formula is C12H13ClFN. The second-order valence-corrected chi connectivity index (χ2v) is 5.02. The first-order valence-corrected chi connectivity index (χ1v) is 5.78. The number of halogens is 2. The van der Waals surface area contributed by atoms with E-state index in [4.69, 9.17) is 11.6 Å². The molecule has 1 aromatic rings. The number of benzene rings is 1. The summed E-state index contributed by atoms with van der Waals surface area (Å²) in [5.74, 6) is -0.307. The predicted molar refractivity (Wildman–Crippen MR) is 58.4 cm³/mol. The lowest BCUT2D eigenvalue weighted by molar-refractivity contribution is 0.441. The highest BCUT2D eigenvalue weighted by Gasteiger charge is 2.52. The molecule has 2 fully saturated rings. The van der Waals surface area contributed by atoms with Gasteiger partial charge in [0.05, 0.1) is 5.02 Å². The maximum Gasteiger partial charge on any atom is 0.142 e. The maximum atomic E-state index is 13.3. The van der Waals surface area contributed by atoms with Gasteiger partial charge in [-0.15, -0.1) is 0 Å². The van der Waals surface area contributed by atoms with Crippen molar-refractivity contribution in [2.24, 2.45) is 5.41 Å². The van der Waals surface area contributed by atoms with Gasteiger partial charge in [0.2, 0.25) is 0 Å². The molecule has 1 unspecified atom stereocenters. The quantitative estimate of drug-likeness (QED) is 0.774. The van der Waals surface area contributed by atoms with Crippen LogP contribution < -0.4 is 5.32 Å². The Hall–Kier alpha value is -0.600. The molecule has 2 aliphatic rings. The van der Waals surface area contributed by atoms with Gasteiger partial charge in [0.15, 0.2) is 0 Å². The fourth-order valence-electron chi connectivity index (χ4n) is 2.71. The van der Waals surface area contributed by atoms with Gasteiger partial charge in [-0.1, -0.05) is 23.7 Å². The summed E-state index contributed by atoms with van der Waals surface area (Å²) in [5, 5.41) is 3.74. The van der Waals surface area contributed by atoms with Gasteiger partial charge in [0, 0.05) is 6.04 Å². The molecule has 3 heteroatoms. The number of rotatable bonds is 1. The van der Waals surface area contributed by atoms with Crippen LogP contribution in [0.5, 0.6) is 0 Å². The number of nitrogens with one attached hydrogen (secondary N) is 1. The molecule has 0 amide bonds. The highest BCUT2D eigenvalue weighted by molar-refractivity contribution is 6.31. The molecule has 3 rings (SSSR count). The molecule has 1 spiro atoms. The summed E-state index contributed by atoms with van der Waals surface area (Å²) in [5.41, 5.74) is 1.32. The summed E-state index contributed by atoms with van der Waals surface area (Å²) in [6, 6.07) is 5.36. The minimum Gasteiger partial charge on any atom is -0.309 e. The molecule has 1 aliphatic heterocycles. The van der Waals surface area contributed by atoms with Crippen molar-refractivity contribution < 1.29 is 4.39 Å². The van der Waals surface area contributed by atoms with Crippen LogP contribution in [0.1, 0.15) is 30.9 Å². The van der Waals surface area contributed by atoms with E-state index >= 15 is 0 Å². The lowest BCUT2D eigenvalue weighted by Gasteiger charge is -2.20. The number of hydrogen-bond acceptors (Lipinski definition) is 1. The van der Waals surface area contributed by atoms with Crippen molar-refractivity contribution in [2.75, 3.05) is 6.54 Å². The van der Waals surface area contributed by atoms with E-state index in [1.807, 2.05) is 6.07 Å². The molecule has 1 saturated carbocycles. The van der Waals surface area contributed by atoms with E-state index in [1.165, 1.54) is 25.3 Å². The third kappa shape index (κ3) is 1.39. The Morgan fingerprint density at radius 1 is 1.33 bits per heavy atom. The lowest BCUT2D eigenvalue weighted by atomic mass is 9.91. The van der Waals surface area contributed by atoms with E-state index in [2.05, 4.69) is 5.32 Å². The number of hydrogen-bond donors (Lipinski definition) is 1. The second kappa shape index (κ2) is 3.19. The fourth-order valence-corrected chi connectivity index (χ4v) is 2.94. The van der Waals surface area contributed by atoms with Gasteiger partial charge < -0.3 is 5.32 Å². The summed E-state index contributed by atoms with van der Waals surface area (Å²) in [6.45, 7) is 1.03. The van der Waals surface area contributed by atoms with Crippen LogP contribution in [0.4, 0.5) is 4.39 Å². The molecule has 0 bridgehead atoms. The van der Waals surface area contributed by atoms with Crippen LogP contribution in [0, 0.1) is 11.2 Å². The highest BCUT2D eigenvalue weighted by Crippen LogP contribution is 2.60.